The van der Waals surface area contributed by atoms with Gasteiger partial charge in [-0.15, -0.1) is 0 Å². The summed E-state index contributed by atoms with van der Waals surface area (Å²) in [4.78, 5) is 37.1. The summed E-state index contributed by atoms with van der Waals surface area (Å²) < 4.78 is 0.687. The molecule has 1 heterocycles. The van der Waals surface area contributed by atoms with Crippen LogP contribution in [0.2, 0.25) is 0 Å². The average molecular weight is 289 g/mol. The molecule has 0 aliphatic heterocycles. The van der Waals surface area contributed by atoms with Crippen molar-refractivity contribution >= 4 is 5.91 Å². The third kappa shape index (κ3) is 3.02. The summed E-state index contributed by atoms with van der Waals surface area (Å²) >= 11 is 0. The van der Waals surface area contributed by atoms with Crippen LogP contribution in [0.3, 0.4) is 0 Å². The predicted octanol–water partition coefficient (Wildman–Crippen LogP) is 0.0176. The van der Waals surface area contributed by atoms with Gasteiger partial charge in [-0.25, -0.2) is 4.79 Å². The lowest BCUT2D eigenvalue weighted by Gasteiger charge is -2.07. The van der Waals surface area contributed by atoms with E-state index in [1.54, 1.807) is 0 Å². The average Bonchev–Trinajstić information content (AvgIpc) is 2.48. The SMILES string of the molecule is Cc1ccc(CNC(=O)c2[nH]c(=O)n(C)c(=O)c2O)cc1. The minimum Gasteiger partial charge on any atom is -0.501 e. The highest BCUT2D eigenvalue weighted by molar-refractivity contribution is 5.94. The molecule has 0 saturated carbocycles. The summed E-state index contributed by atoms with van der Waals surface area (Å²) in [7, 11) is 1.20. The zero-order valence-electron chi connectivity index (χ0n) is 11.6. The van der Waals surface area contributed by atoms with Crippen molar-refractivity contribution in [2.75, 3.05) is 0 Å². The third-order valence-corrected chi connectivity index (χ3v) is 3.08. The number of hydrogen-bond acceptors (Lipinski definition) is 4. The van der Waals surface area contributed by atoms with Crippen LogP contribution in [-0.2, 0) is 13.6 Å². The van der Waals surface area contributed by atoms with Gasteiger partial charge in [-0.2, -0.15) is 0 Å². The standard InChI is InChI=1S/C14H15N3O4/c1-8-3-5-9(6-4-8)7-15-12(19)10-11(18)13(20)17(2)14(21)16-10/h3-6,18H,7H2,1-2H3,(H,15,19)(H,16,21). The second-order valence-corrected chi connectivity index (χ2v) is 4.69. The topological polar surface area (TPSA) is 104 Å². The van der Waals surface area contributed by atoms with Crippen molar-refractivity contribution in [1.82, 2.24) is 14.9 Å². The Bertz CT molecular complexity index is 787. The number of benzene rings is 1. The van der Waals surface area contributed by atoms with Gasteiger partial charge in [-0.05, 0) is 12.5 Å². The quantitative estimate of drug-likeness (QED) is 0.740. The summed E-state index contributed by atoms with van der Waals surface area (Å²) in [5.74, 6) is -1.50. The van der Waals surface area contributed by atoms with Crippen LogP contribution in [0.25, 0.3) is 0 Å². The van der Waals surface area contributed by atoms with E-state index >= 15 is 0 Å². The fourth-order valence-electron chi connectivity index (χ4n) is 1.75. The van der Waals surface area contributed by atoms with E-state index in [9.17, 15) is 19.5 Å². The molecule has 0 spiro atoms. The van der Waals surface area contributed by atoms with Crippen LogP contribution < -0.4 is 16.6 Å². The van der Waals surface area contributed by atoms with Gasteiger partial charge in [0.15, 0.2) is 5.69 Å². The second kappa shape index (κ2) is 5.66. The lowest BCUT2D eigenvalue weighted by Crippen LogP contribution is -2.36. The van der Waals surface area contributed by atoms with Crippen molar-refractivity contribution < 1.29 is 9.90 Å². The molecule has 0 atom stereocenters. The first-order valence-electron chi connectivity index (χ1n) is 6.26. The van der Waals surface area contributed by atoms with Crippen molar-refractivity contribution in [3.63, 3.8) is 0 Å². The second-order valence-electron chi connectivity index (χ2n) is 4.69. The van der Waals surface area contributed by atoms with Crippen LogP contribution in [0.1, 0.15) is 21.6 Å². The number of aromatic amines is 1. The number of nitrogens with one attached hydrogen (secondary N) is 2. The lowest BCUT2D eigenvalue weighted by molar-refractivity contribution is 0.0941. The van der Waals surface area contributed by atoms with Gasteiger partial charge >= 0.3 is 5.69 Å². The van der Waals surface area contributed by atoms with Gasteiger partial charge in [-0.1, -0.05) is 29.8 Å². The number of H-pyrrole nitrogens is 1. The first-order chi connectivity index (χ1) is 9.90. The number of aromatic hydroxyl groups is 1. The normalized spacial score (nSPS) is 10.4. The number of carbonyl (C=O) groups is 1. The minimum atomic E-state index is -0.917. The summed E-state index contributed by atoms with van der Waals surface area (Å²) in [6.45, 7) is 2.17. The van der Waals surface area contributed by atoms with E-state index in [-0.39, 0.29) is 6.54 Å². The summed E-state index contributed by atoms with van der Waals surface area (Å²) in [5.41, 5.74) is -0.161. The van der Waals surface area contributed by atoms with Gasteiger partial charge in [-0.3, -0.25) is 19.1 Å². The van der Waals surface area contributed by atoms with Crippen LogP contribution in [0, 0.1) is 6.92 Å². The zero-order valence-corrected chi connectivity index (χ0v) is 11.6. The Balaban J connectivity index is 2.20. The molecule has 7 nitrogen and oxygen atoms in total. The molecule has 7 heteroatoms. The minimum absolute atomic E-state index is 0.218. The maximum absolute atomic E-state index is 11.9. The van der Waals surface area contributed by atoms with E-state index < -0.39 is 28.6 Å². The molecule has 0 aliphatic rings. The molecular weight excluding hydrogens is 274 g/mol. The highest BCUT2D eigenvalue weighted by Gasteiger charge is 2.17. The molecule has 0 aliphatic carbocycles. The maximum atomic E-state index is 11.9. The molecule has 1 aromatic heterocycles. The smallest absolute Gasteiger partial charge is 0.328 e. The Morgan fingerprint density at radius 1 is 1.29 bits per heavy atom. The van der Waals surface area contributed by atoms with Gasteiger partial charge in [0.2, 0.25) is 5.75 Å². The summed E-state index contributed by atoms with van der Waals surface area (Å²) in [6, 6.07) is 7.50. The number of amides is 1. The molecule has 0 saturated heterocycles. The van der Waals surface area contributed by atoms with Gasteiger partial charge in [0.25, 0.3) is 11.5 Å². The lowest BCUT2D eigenvalue weighted by atomic mass is 10.1. The molecule has 110 valence electrons. The molecule has 3 N–H and O–H groups in total. The van der Waals surface area contributed by atoms with Crippen molar-refractivity contribution in [3.8, 4) is 5.75 Å². The fraction of sp³-hybridized carbons (Fsp3) is 0.214. The Morgan fingerprint density at radius 3 is 2.52 bits per heavy atom. The van der Waals surface area contributed by atoms with Gasteiger partial charge in [0.05, 0.1) is 0 Å². The Labute approximate surface area is 119 Å². The molecule has 2 aromatic rings. The Hall–Kier alpha value is -2.83. The van der Waals surface area contributed by atoms with Crippen LogP contribution in [0.4, 0.5) is 0 Å². The van der Waals surface area contributed by atoms with Gasteiger partial charge in [0.1, 0.15) is 0 Å². The molecule has 0 radical (unpaired) electrons. The monoisotopic (exact) mass is 289 g/mol. The first-order valence-corrected chi connectivity index (χ1v) is 6.26. The number of nitrogens with zero attached hydrogens (tertiary/aromatic N) is 1. The van der Waals surface area contributed by atoms with Crippen LogP contribution >= 0.6 is 0 Å². The molecular formula is C14H15N3O4. The number of aryl methyl sites for hydroxylation is 1. The summed E-state index contributed by atoms with van der Waals surface area (Å²) in [5, 5.41) is 12.2. The predicted molar refractivity (Wildman–Crippen MR) is 76.3 cm³/mol. The third-order valence-electron chi connectivity index (χ3n) is 3.08. The molecule has 0 bridgehead atoms. The van der Waals surface area contributed by atoms with Crippen LogP contribution in [-0.4, -0.2) is 20.6 Å². The zero-order chi connectivity index (χ0) is 15.6. The van der Waals surface area contributed by atoms with Crippen LogP contribution in [0.5, 0.6) is 5.75 Å². The van der Waals surface area contributed by atoms with E-state index in [0.29, 0.717) is 4.57 Å². The van der Waals surface area contributed by atoms with Crippen molar-refractivity contribution in [3.05, 3.63) is 61.9 Å². The van der Waals surface area contributed by atoms with E-state index in [1.165, 1.54) is 7.05 Å². The van der Waals surface area contributed by atoms with E-state index in [2.05, 4.69) is 10.3 Å². The molecule has 2 rings (SSSR count). The highest BCUT2D eigenvalue weighted by Crippen LogP contribution is 2.06. The largest absolute Gasteiger partial charge is 0.501 e. The number of rotatable bonds is 3. The van der Waals surface area contributed by atoms with E-state index in [1.807, 2.05) is 31.2 Å². The first kappa shape index (κ1) is 14.6. The number of hydrogen-bond donors (Lipinski definition) is 3. The molecule has 0 fully saturated rings. The highest BCUT2D eigenvalue weighted by atomic mass is 16.3. The molecule has 0 unspecified atom stereocenters. The fourth-order valence-corrected chi connectivity index (χ4v) is 1.75. The number of aromatic nitrogens is 2. The van der Waals surface area contributed by atoms with Crippen molar-refractivity contribution in [2.45, 2.75) is 13.5 Å². The van der Waals surface area contributed by atoms with E-state index in [4.69, 9.17) is 0 Å². The molecule has 1 aromatic carbocycles. The molecule has 21 heavy (non-hydrogen) atoms. The van der Waals surface area contributed by atoms with Gasteiger partial charge in [0, 0.05) is 13.6 Å². The Kier molecular flexibility index (Phi) is 3.93. The maximum Gasteiger partial charge on any atom is 0.328 e. The van der Waals surface area contributed by atoms with Crippen LogP contribution in [0.15, 0.2) is 33.9 Å². The summed E-state index contributed by atoms with van der Waals surface area (Å²) in [6.07, 6.45) is 0. The van der Waals surface area contributed by atoms with E-state index in [0.717, 1.165) is 11.1 Å². The molecule has 1 amide bonds. The Morgan fingerprint density at radius 2 is 1.90 bits per heavy atom. The number of carbonyl (C=O) groups excluding carboxylic acids is 1. The van der Waals surface area contributed by atoms with Gasteiger partial charge < -0.3 is 10.4 Å². The van der Waals surface area contributed by atoms with Crippen molar-refractivity contribution in [1.29, 1.82) is 0 Å². The van der Waals surface area contributed by atoms with Crippen molar-refractivity contribution in [2.24, 2.45) is 7.05 Å².